The quantitative estimate of drug-likeness (QED) is 0.177. The molecule has 0 amide bonds. The third kappa shape index (κ3) is 5.72. The summed E-state index contributed by atoms with van der Waals surface area (Å²) in [6.07, 6.45) is 1.45. The van der Waals surface area contributed by atoms with Crippen LogP contribution in [0.4, 0.5) is 14.5 Å². The molecule has 0 saturated carbocycles. The number of aromatic amines is 1. The minimum atomic E-state index is -1.05. The summed E-state index contributed by atoms with van der Waals surface area (Å²) in [6.45, 7) is 0.885. The summed E-state index contributed by atoms with van der Waals surface area (Å²) < 4.78 is 40.4. The molecule has 0 saturated heterocycles. The van der Waals surface area contributed by atoms with E-state index in [2.05, 4.69) is 25.6 Å². The number of hydrogen-bond donors (Lipinski definition) is 4. The van der Waals surface area contributed by atoms with Crippen LogP contribution in [-0.2, 0) is 0 Å². The number of halogens is 2. The van der Waals surface area contributed by atoms with E-state index in [1.54, 1.807) is 43.3 Å². The van der Waals surface area contributed by atoms with Gasteiger partial charge in [0.25, 0.3) is 0 Å². The van der Waals surface area contributed by atoms with Crippen molar-refractivity contribution >= 4 is 11.5 Å². The van der Waals surface area contributed by atoms with Crippen molar-refractivity contribution in [3.05, 3.63) is 88.0 Å². The summed E-state index contributed by atoms with van der Waals surface area (Å²) in [5.41, 5.74) is 5.95. The first-order chi connectivity index (χ1) is 17.9. The molecule has 1 unspecified atom stereocenters. The smallest absolute Gasteiger partial charge is 0.349 e. The van der Waals surface area contributed by atoms with Crippen molar-refractivity contribution in [3.8, 4) is 17.3 Å². The van der Waals surface area contributed by atoms with Crippen LogP contribution in [0, 0.1) is 11.2 Å². The molecule has 0 aliphatic rings. The predicted molar refractivity (Wildman–Crippen MR) is 132 cm³/mol. The lowest BCUT2D eigenvalue weighted by atomic mass is 10.0. The van der Waals surface area contributed by atoms with Gasteiger partial charge in [-0.1, -0.05) is 0 Å². The minimum Gasteiger partial charge on any atom is -0.494 e. The summed E-state index contributed by atoms with van der Waals surface area (Å²) in [5.74, 6) is -0.620. The lowest BCUT2D eigenvalue weighted by molar-refractivity contribution is 0.258. The van der Waals surface area contributed by atoms with Crippen LogP contribution in [0.1, 0.15) is 29.9 Å². The fourth-order valence-corrected chi connectivity index (χ4v) is 3.55. The SMILES string of the molecule is CCOc1cc(OCCF)c(F)c(C(Nc2ccc(C(=N)N)cc2)c2nn(-c3cccnn3)c(=O)[nH]2)c1. The average Bonchev–Trinajstić information content (AvgIpc) is 3.29. The first-order valence-corrected chi connectivity index (χ1v) is 11.2. The Morgan fingerprint density at radius 1 is 1.24 bits per heavy atom. The molecule has 0 spiro atoms. The minimum absolute atomic E-state index is 0.0236. The second kappa shape index (κ2) is 11.3. The highest BCUT2D eigenvalue weighted by Gasteiger charge is 2.27. The zero-order valence-electron chi connectivity index (χ0n) is 19.7. The highest BCUT2D eigenvalue weighted by atomic mass is 19.1. The van der Waals surface area contributed by atoms with Gasteiger partial charge in [-0.25, -0.2) is 13.6 Å². The number of nitrogens with zero attached hydrogens (tertiary/aromatic N) is 4. The van der Waals surface area contributed by atoms with E-state index in [1.165, 1.54) is 18.3 Å². The fourth-order valence-electron chi connectivity index (χ4n) is 3.55. The molecule has 192 valence electrons. The van der Waals surface area contributed by atoms with Gasteiger partial charge in [-0.2, -0.15) is 9.78 Å². The van der Waals surface area contributed by atoms with E-state index in [1.807, 2.05) is 0 Å². The summed E-state index contributed by atoms with van der Waals surface area (Å²) in [4.78, 5) is 15.4. The van der Waals surface area contributed by atoms with E-state index in [9.17, 15) is 9.18 Å². The van der Waals surface area contributed by atoms with Crippen LogP contribution in [-0.4, -0.2) is 50.7 Å². The molecule has 5 N–H and O–H groups in total. The van der Waals surface area contributed by atoms with Gasteiger partial charge < -0.3 is 20.5 Å². The number of H-pyrrole nitrogens is 1. The Kier molecular flexibility index (Phi) is 7.71. The van der Waals surface area contributed by atoms with Crippen LogP contribution in [0.15, 0.2) is 59.5 Å². The van der Waals surface area contributed by atoms with Crippen LogP contribution in [0.2, 0.25) is 0 Å². The maximum Gasteiger partial charge on any atom is 0.349 e. The Morgan fingerprint density at radius 3 is 2.68 bits per heavy atom. The topological polar surface area (TPSA) is 157 Å². The summed E-state index contributed by atoms with van der Waals surface area (Å²) >= 11 is 0. The predicted octanol–water partition coefficient (Wildman–Crippen LogP) is 2.72. The van der Waals surface area contributed by atoms with Crippen molar-refractivity contribution in [1.82, 2.24) is 25.0 Å². The highest BCUT2D eigenvalue weighted by Crippen LogP contribution is 2.35. The molecule has 1 atom stereocenters. The van der Waals surface area contributed by atoms with Crippen LogP contribution in [0.25, 0.3) is 5.82 Å². The number of amidine groups is 1. The van der Waals surface area contributed by atoms with Gasteiger partial charge >= 0.3 is 5.69 Å². The molecule has 0 aliphatic heterocycles. The number of ether oxygens (including phenoxy) is 2. The largest absolute Gasteiger partial charge is 0.494 e. The molecule has 0 radical (unpaired) electrons. The van der Waals surface area contributed by atoms with Crippen LogP contribution >= 0.6 is 0 Å². The van der Waals surface area contributed by atoms with Gasteiger partial charge in [0.05, 0.1) is 6.61 Å². The summed E-state index contributed by atoms with van der Waals surface area (Å²) in [7, 11) is 0. The van der Waals surface area contributed by atoms with Gasteiger partial charge in [-0.3, -0.25) is 10.4 Å². The number of benzene rings is 2. The Morgan fingerprint density at radius 2 is 2.03 bits per heavy atom. The molecule has 0 fully saturated rings. The third-order valence-corrected chi connectivity index (χ3v) is 5.19. The van der Waals surface area contributed by atoms with Crippen LogP contribution in [0.3, 0.4) is 0 Å². The Bertz CT molecular complexity index is 1420. The molecule has 13 heteroatoms. The van der Waals surface area contributed by atoms with Crippen LogP contribution < -0.4 is 26.2 Å². The number of nitrogens with two attached hydrogens (primary N) is 1. The number of nitrogens with one attached hydrogen (secondary N) is 3. The van der Waals surface area contributed by atoms with Gasteiger partial charge in [0.1, 0.15) is 30.9 Å². The molecular formula is C24H24F2N8O3. The first kappa shape index (κ1) is 25.3. The van der Waals surface area contributed by atoms with Crippen LogP contribution in [0.5, 0.6) is 11.5 Å². The van der Waals surface area contributed by atoms with E-state index in [0.717, 1.165) is 4.68 Å². The van der Waals surface area contributed by atoms with E-state index in [-0.39, 0.29) is 47.8 Å². The molecule has 4 rings (SSSR count). The van der Waals surface area contributed by atoms with Crippen molar-refractivity contribution in [1.29, 1.82) is 5.41 Å². The maximum absolute atomic E-state index is 15.7. The second-order valence-electron chi connectivity index (χ2n) is 7.67. The monoisotopic (exact) mass is 510 g/mol. The second-order valence-corrected chi connectivity index (χ2v) is 7.67. The Balaban J connectivity index is 1.84. The number of nitrogen functional groups attached to an aromatic ring is 1. The number of aromatic nitrogens is 5. The molecule has 4 aromatic rings. The van der Waals surface area contributed by atoms with Gasteiger partial charge in [-0.05, 0) is 49.4 Å². The zero-order valence-corrected chi connectivity index (χ0v) is 19.7. The molecule has 2 aromatic carbocycles. The lowest BCUT2D eigenvalue weighted by Crippen LogP contribution is -2.18. The molecule has 2 aromatic heterocycles. The molecular weight excluding hydrogens is 486 g/mol. The highest BCUT2D eigenvalue weighted by molar-refractivity contribution is 5.95. The Hall–Kier alpha value is -4.81. The summed E-state index contributed by atoms with van der Waals surface area (Å²) in [6, 6.07) is 11.4. The first-order valence-electron chi connectivity index (χ1n) is 11.2. The van der Waals surface area contributed by atoms with Crippen molar-refractivity contribution in [2.75, 3.05) is 25.2 Å². The van der Waals surface area contributed by atoms with Gasteiger partial charge in [-0.15, -0.1) is 10.2 Å². The molecule has 0 aliphatic carbocycles. The number of anilines is 1. The number of hydrogen-bond acceptors (Lipinski definition) is 8. The molecule has 0 bridgehead atoms. The van der Waals surface area contributed by atoms with Gasteiger partial charge in [0, 0.05) is 29.1 Å². The van der Waals surface area contributed by atoms with E-state index >= 15 is 4.39 Å². The molecule has 11 nitrogen and oxygen atoms in total. The van der Waals surface area contributed by atoms with Crippen molar-refractivity contribution in [3.63, 3.8) is 0 Å². The Labute approximate surface area is 209 Å². The summed E-state index contributed by atoms with van der Waals surface area (Å²) in [5, 5.41) is 22.7. The van der Waals surface area contributed by atoms with Gasteiger partial charge in [0.2, 0.25) is 0 Å². The molecule has 2 heterocycles. The fraction of sp³-hybridized carbons (Fsp3) is 0.208. The lowest BCUT2D eigenvalue weighted by Gasteiger charge is -2.21. The van der Waals surface area contributed by atoms with Gasteiger partial charge in [0.15, 0.2) is 23.2 Å². The maximum atomic E-state index is 15.7. The van der Waals surface area contributed by atoms with Crippen molar-refractivity contribution < 1.29 is 18.3 Å². The van der Waals surface area contributed by atoms with Crippen molar-refractivity contribution in [2.45, 2.75) is 13.0 Å². The normalized spacial score (nSPS) is 11.6. The zero-order chi connectivity index (χ0) is 26.4. The average molecular weight is 511 g/mol. The number of rotatable bonds is 11. The number of alkyl halides is 1. The van der Waals surface area contributed by atoms with E-state index in [0.29, 0.717) is 11.3 Å². The standard InChI is InChI=1S/C24H24F2N8O3/c1-2-36-16-12-17(20(26)18(13-16)37-11-9-25)21(30-15-7-5-14(6-8-15)22(27)28)23-31-24(35)34(33-23)19-4-3-10-29-32-19/h3-8,10,12-13,21,30H,2,9,11H2,1H3,(H3,27,28)(H,31,33,35). The van der Waals surface area contributed by atoms with E-state index in [4.69, 9.17) is 20.6 Å². The van der Waals surface area contributed by atoms with E-state index < -0.39 is 24.2 Å². The molecule has 37 heavy (non-hydrogen) atoms. The third-order valence-electron chi connectivity index (χ3n) is 5.19. The van der Waals surface area contributed by atoms with Crippen molar-refractivity contribution in [2.24, 2.45) is 5.73 Å².